The van der Waals surface area contributed by atoms with Crippen LogP contribution >= 0.6 is 12.4 Å². The number of aryl methyl sites for hydroxylation is 2. The van der Waals surface area contributed by atoms with Crippen molar-refractivity contribution in [3.63, 3.8) is 0 Å². The smallest absolute Gasteiger partial charge is 0.326 e. The topological polar surface area (TPSA) is 79.5 Å². The molecule has 0 atom stereocenters. The number of urea groups is 1. The highest BCUT2D eigenvalue weighted by Gasteiger charge is 2.05. The summed E-state index contributed by atoms with van der Waals surface area (Å²) in [4.78, 5) is 15.6. The number of nitrogens with zero attached hydrogens (tertiary/aromatic N) is 1. The maximum atomic E-state index is 11.8. The Hall–Kier alpha value is -2.19. The van der Waals surface area contributed by atoms with E-state index in [4.69, 9.17) is 5.73 Å². The number of benzene rings is 1. The van der Waals surface area contributed by atoms with Crippen LogP contribution in [-0.2, 0) is 0 Å². The lowest BCUT2D eigenvalue weighted by Gasteiger charge is -2.09. The molecule has 1 rings (SSSR count). The summed E-state index contributed by atoms with van der Waals surface area (Å²) >= 11 is 0. The molecule has 126 valence electrons. The predicted octanol–water partition coefficient (Wildman–Crippen LogP) is 3.70. The highest BCUT2D eigenvalue weighted by atomic mass is 35.5. The molecule has 1 aromatic carbocycles. The van der Waals surface area contributed by atoms with Gasteiger partial charge in [0, 0.05) is 18.2 Å². The summed E-state index contributed by atoms with van der Waals surface area (Å²) in [5, 5.41) is 5.18. The first-order valence-corrected chi connectivity index (χ1v) is 7.49. The van der Waals surface area contributed by atoms with Crippen LogP contribution in [0.25, 0.3) is 0 Å². The normalized spacial score (nSPS) is 10.1. The van der Waals surface area contributed by atoms with Gasteiger partial charge in [0.05, 0.1) is 0 Å². The second kappa shape index (κ2) is 11.4. The van der Waals surface area contributed by atoms with E-state index in [9.17, 15) is 4.79 Å². The number of anilines is 1. The van der Waals surface area contributed by atoms with Crippen LogP contribution in [-0.4, -0.2) is 12.0 Å². The summed E-state index contributed by atoms with van der Waals surface area (Å²) in [7, 11) is 0. The molecule has 5 nitrogen and oxygen atoms in total. The Morgan fingerprint density at radius 3 is 2.70 bits per heavy atom. The molecule has 23 heavy (non-hydrogen) atoms. The first kappa shape index (κ1) is 20.8. The Morgan fingerprint density at radius 2 is 2.04 bits per heavy atom. The van der Waals surface area contributed by atoms with E-state index >= 15 is 0 Å². The molecule has 0 fully saturated rings. The van der Waals surface area contributed by atoms with E-state index in [1.807, 2.05) is 32.0 Å². The van der Waals surface area contributed by atoms with Gasteiger partial charge in [-0.2, -0.15) is 4.99 Å². The summed E-state index contributed by atoms with van der Waals surface area (Å²) in [6, 6.07) is 7.95. The van der Waals surface area contributed by atoms with Crippen LogP contribution in [0.4, 0.5) is 10.5 Å². The highest BCUT2D eigenvalue weighted by Crippen LogP contribution is 2.15. The van der Waals surface area contributed by atoms with Gasteiger partial charge in [-0.1, -0.05) is 43.4 Å². The van der Waals surface area contributed by atoms with E-state index in [-0.39, 0.29) is 18.4 Å². The quantitative estimate of drug-likeness (QED) is 0.339. The average Bonchev–Trinajstić information content (AvgIpc) is 2.45. The third-order valence-electron chi connectivity index (χ3n) is 3.03. The number of guanidine groups is 1. The summed E-state index contributed by atoms with van der Waals surface area (Å²) in [6.07, 6.45) is 4.16. The molecule has 1 aromatic rings. The molecule has 0 spiro atoms. The lowest BCUT2D eigenvalue weighted by Crippen LogP contribution is -2.39. The van der Waals surface area contributed by atoms with E-state index in [1.165, 1.54) is 0 Å². The number of hydrogen-bond donors (Lipinski definition) is 3. The number of carbonyl (C=O) groups is 1. The Morgan fingerprint density at radius 1 is 1.30 bits per heavy atom. The fraction of sp³-hybridized carbons (Fsp3) is 0.412. The number of nitrogens with two attached hydrogens (primary N) is 1. The first-order chi connectivity index (χ1) is 10.5. The number of nitrogens with one attached hydrogen (secondary N) is 2. The Kier molecular flexibility index (Phi) is 10.3. The number of aliphatic imine (C=N–C) groups is 1. The van der Waals surface area contributed by atoms with Gasteiger partial charge in [-0.3, -0.25) is 5.32 Å². The van der Waals surface area contributed by atoms with Gasteiger partial charge >= 0.3 is 6.03 Å². The van der Waals surface area contributed by atoms with Crippen molar-refractivity contribution >= 4 is 30.1 Å². The second-order valence-corrected chi connectivity index (χ2v) is 5.14. The van der Waals surface area contributed by atoms with Gasteiger partial charge in [0.1, 0.15) is 0 Å². The Balaban J connectivity index is 0.00000484. The second-order valence-electron chi connectivity index (χ2n) is 5.14. The summed E-state index contributed by atoms with van der Waals surface area (Å²) in [6.45, 7) is 6.07. The molecule has 0 heterocycles. The van der Waals surface area contributed by atoms with Gasteiger partial charge in [-0.15, -0.1) is 12.4 Å². The number of unbranched alkanes of at least 4 members (excludes halogenated alkanes) is 3. The first-order valence-electron chi connectivity index (χ1n) is 7.49. The third-order valence-corrected chi connectivity index (χ3v) is 3.03. The van der Waals surface area contributed by atoms with Crippen molar-refractivity contribution in [3.05, 3.63) is 29.3 Å². The average molecular weight is 337 g/mol. The molecule has 0 aliphatic heterocycles. The number of amides is 2. The molecular formula is C17H25ClN4O. The fourth-order valence-corrected chi connectivity index (χ4v) is 1.87. The zero-order chi connectivity index (χ0) is 16.4. The zero-order valence-electron chi connectivity index (χ0n) is 13.9. The minimum atomic E-state index is -0.430. The largest absolute Gasteiger partial charge is 0.369 e. The molecule has 0 saturated carbocycles. The molecule has 4 N–H and O–H groups in total. The van der Waals surface area contributed by atoms with Crippen LogP contribution in [0.2, 0.25) is 0 Å². The van der Waals surface area contributed by atoms with Crippen LogP contribution < -0.4 is 16.4 Å². The molecule has 6 heteroatoms. The predicted molar refractivity (Wildman–Crippen MR) is 98.9 cm³/mol. The van der Waals surface area contributed by atoms with Crippen molar-refractivity contribution in [2.24, 2.45) is 10.7 Å². The summed E-state index contributed by atoms with van der Waals surface area (Å²) < 4.78 is 0. The maximum Gasteiger partial charge on any atom is 0.326 e. The zero-order valence-corrected chi connectivity index (χ0v) is 14.7. The van der Waals surface area contributed by atoms with Gasteiger partial charge < -0.3 is 11.1 Å². The SMILES string of the molecule is CCCCCC#CN=C(N)NC(=O)Nc1ccc(C)cc1C.Cl. The van der Waals surface area contributed by atoms with E-state index in [0.717, 1.165) is 42.5 Å². The molecule has 0 aliphatic carbocycles. The monoisotopic (exact) mass is 336 g/mol. The van der Waals surface area contributed by atoms with E-state index in [2.05, 4.69) is 34.5 Å². The lowest BCUT2D eigenvalue weighted by atomic mass is 10.1. The standard InChI is InChI=1S/C17H24N4O.ClH/c1-4-5-6-7-8-11-19-16(18)21-17(22)20-15-10-9-13(2)12-14(15)3;/h9-10,12H,4-7H2,1-3H3,(H4,18,19,20,21,22);1H. The van der Waals surface area contributed by atoms with Gasteiger partial charge in [-0.05, 0) is 31.9 Å². The van der Waals surface area contributed by atoms with Crippen LogP contribution in [0.1, 0.15) is 43.7 Å². The molecule has 2 amide bonds. The van der Waals surface area contributed by atoms with Crippen LogP contribution in [0.3, 0.4) is 0 Å². The highest BCUT2D eigenvalue weighted by molar-refractivity contribution is 6.02. The van der Waals surface area contributed by atoms with Crippen LogP contribution in [0.5, 0.6) is 0 Å². The molecule has 0 radical (unpaired) electrons. The van der Waals surface area contributed by atoms with Crippen molar-refractivity contribution in [1.82, 2.24) is 5.32 Å². The summed E-state index contributed by atoms with van der Waals surface area (Å²) in [5.41, 5.74) is 8.47. The lowest BCUT2D eigenvalue weighted by molar-refractivity contribution is 0.256. The minimum absolute atomic E-state index is 0. The summed E-state index contributed by atoms with van der Waals surface area (Å²) in [5.74, 6) is 2.89. The molecular weight excluding hydrogens is 312 g/mol. The van der Waals surface area contributed by atoms with Gasteiger partial charge in [0.15, 0.2) is 0 Å². The van der Waals surface area contributed by atoms with Gasteiger partial charge in [-0.25, -0.2) is 4.79 Å². The number of rotatable bonds is 4. The van der Waals surface area contributed by atoms with E-state index < -0.39 is 6.03 Å². The molecule has 0 saturated heterocycles. The van der Waals surface area contributed by atoms with Gasteiger partial charge in [0.25, 0.3) is 0 Å². The Bertz CT molecular complexity index is 602. The molecule has 0 aliphatic rings. The van der Waals surface area contributed by atoms with Crippen molar-refractivity contribution in [2.45, 2.75) is 46.5 Å². The van der Waals surface area contributed by atoms with Crippen LogP contribution in [0.15, 0.2) is 23.2 Å². The number of carbonyl (C=O) groups excluding carboxylic acids is 1. The van der Waals surface area contributed by atoms with Crippen molar-refractivity contribution < 1.29 is 4.79 Å². The van der Waals surface area contributed by atoms with E-state index in [1.54, 1.807) is 0 Å². The van der Waals surface area contributed by atoms with Crippen molar-refractivity contribution in [2.75, 3.05) is 5.32 Å². The fourth-order valence-electron chi connectivity index (χ4n) is 1.87. The van der Waals surface area contributed by atoms with Crippen molar-refractivity contribution in [3.8, 4) is 12.0 Å². The third kappa shape index (κ3) is 8.74. The minimum Gasteiger partial charge on any atom is -0.369 e. The Labute approximate surface area is 144 Å². The van der Waals surface area contributed by atoms with E-state index in [0.29, 0.717) is 0 Å². The number of hydrogen-bond acceptors (Lipinski definition) is 2. The molecule has 0 aromatic heterocycles. The molecule has 0 unspecified atom stereocenters. The van der Waals surface area contributed by atoms with Crippen LogP contribution in [0, 0.1) is 25.8 Å². The maximum absolute atomic E-state index is 11.8. The van der Waals surface area contributed by atoms with Gasteiger partial charge in [0.2, 0.25) is 5.96 Å². The van der Waals surface area contributed by atoms with Crippen molar-refractivity contribution in [1.29, 1.82) is 0 Å². The molecule has 0 bridgehead atoms. The number of halogens is 1.